The molecule has 7 heteroatoms. The number of nitrogens with zero attached hydrogens (tertiary/aromatic N) is 2. The molecule has 6 nitrogen and oxygen atoms in total. The lowest BCUT2D eigenvalue weighted by Gasteiger charge is -2.11. The van der Waals surface area contributed by atoms with E-state index in [0.717, 1.165) is 17.1 Å². The van der Waals surface area contributed by atoms with E-state index in [1.807, 2.05) is 24.3 Å². The zero-order chi connectivity index (χ0) is 17.9. The van der Waals surface area contributed by atoms with E-state index in [-0.39, 0.29) is 17.0 Å². The van der Waals surface area contributed by atoms with Crippen LogP contribution in [0.1, 0.15) is 28.4 Å². The van der Waals surface area contributed by atoms with Crippen LogP contribution in [0.15, 0.2) is 73.8 Å². The molecule has 132 valence electrons. The summed E-state index contributed by atoms with van der Waals surface area (Å²) in [6.45, 7) is 0. The predicted octanol–water partition coefficient (Wildman–Crippen LogP) is 4.59. The molecule has 0 aliphatic carbocycles. The number of phenols is 1. The van der Waals surface area contributed by atoms with E-state index >= 15 is 0 Å². The Kier molecular flexibility index (Phi) is 4.53. The Morgan fingerprint density at radius 2 is 1.92 bits per heavy atom. The van der Waals surface area contributed by atoms with Gasteiger partial charge in [-0.25, -0.2) is 9.98 Å². The third kappa shape index (κ3) is 3.25. The Hall–Kier alpha value is -2.93. The molecule has 0 saturated heterocycles. The number of ether oxygens (including phenoxy) is 1. The zero-order valence-corrected chi connectivity index (χ0v) is 14.7. The van der Waals surface area contributed by atoms with Gasteiger partial charge < -0.3 is 18.7 Å². The SMILES string of the molecule is COc1cc(C=NC2=N[C@H](c3ccco3)[C@H](c3ccco3)S2)ccc1O. The summed E-state index contributed by atoms with van der Waals surface area (Å²) >= 11 is 1.52. The van der Waals surface area contributed by atoms with Crippen molar-refractivity contribution in [2.24, 2.45) is 9.98 Å². The minimum absolute atomic E-state index is 0.0300. The van der Waals surface area contributed by atoms with Gasteiger partial charge in [0, 0.05) is 6.21 Å². The molecule has 0 spiro atoms. The summed E-state index contributed by atoms with van der Waals surface area (Å²) < 4.78 is 16.2. The van der Waals surface area contributed by atoms with Crippen molar-refractivity contribution in [2.45, 2.75) is 11.3 Å². The van der Waals surface area contributed by atoms with Gasteiger partial charge in [-0.2, -0.15) is 0 Å². The number of thioether (sulfide) groups is 1. The molecular formula is C19H16N2O4S. The molecule has 2 aromatic heterocycles. The van der Waals surface area contributed by atoms with Crippen molar-refractivity contribution in [3.8, 4) is 11.5 Å². The van der Waals surface area contributed by atoms with Crippen molar-refractivity contribution in [1.29, 1.82) is 0 Å². The molecule has 2 atom stereocenters. The van der Waals surface area contributed by atoms with Crippen molar-refractivity contribution in [3.63, 3.8) is 0 Å². The first-order valence-electron chi connectivity index (χ1n) is 7.97. The Morgan fingerprint density at radius 3 is 2.62 bits per heavy atom. The maximum atomic E-state index is 9.68. The minimum atomic E-state index is -0.192. The molecule has 1 aliphatic heterocycles. The van der Waals surface area contributed by atoms with Gasteiger partial charge in [-0.05, 0) is 48.0 Å². The number of benzene rings is 1. The fourth-order valence-electron chi connectivity index (χ4n) is 2.70. The first-order valence-corrected chi connectivity index (χ1v) is 8.85. The van der Waals surface area contributed by atoms with E-state index in [1.165, 1.54) is 18.9 Å². The zero-order valence-electron chi connectivity index (χ0n) is 13.9. The molecule has 1 N–H and O–H groups in total. The number of methoxy groups -OCH3 is 1. The Morgan fingerprint density at radius 1 is 1.15 bits per heavy atom. The van der Waals surface area contributed by atoms with Crippen molar-refractivity contribution in [1.82, 2.24) is 0 Å². The van der Waals surface area contributed by atoms with Crippen molar-refractivity contribution in [3.05, 3.63) is 72.1 Å². The average molecular weight is 368 g/mol. The molecule has 26 heavy (non-hydrogen) atoms. The summed E-state index contributed by atoms with van der Waals surface area (Å²) in [6, 6.07) is 12.4. The molecule has 0 unspecified atom stereocenters. The summed E-state index contributed by atoms with van der Waals surface area (Å²) in [5.74, 6) is 2.09. The quantitative estimate of drug-likeness (QED) is 0.681. The second-order valence-corrected chi connectivity index (χ2v) is 6.72. The van der Waals surface area contributed by atoms with Gasteiger partial charge in [0.15, 0.2) is 16.7 Å². The highest BCUT2D eigenvalue weighted by molar-refractivity contribution is 8.14. The number of aromatic hydroxyl groups is 1. The minimum Gasteiger partial charge on any atom is -0.504 e. The van der Waals surface area contributed by atoms with E-state index in [4.69, 9.17) is 18.6 Å². The molecule has 3 aromatic rings. The highest BCUT2D eigenvalue weighted by atomic mass is 32.2. The summed E-state index contributed by atoms with van der Waals surface area (Å²) in [7, 11) is 1.51. The van der Waals surface area contributed by atoms with Crippen LogP contribution in [-0.2, 0) is 0 Å². The molecule has 0 saturated carbocycles. The maximum Gasteiger partial charge on any atom is 0.184 e. The number of phenolic OH excluding ortho intramolecular Hbond substituents is 1. The first kappa shape index (κ1) is 16.5. The molecule has 4 rings (SSSR count). The van der Waals surface area contributed by atoms with Crippen LogP contribution in [-0.4, -0.2) is 23.6 Å². The van der Waals surface area contributed by atoms with Crippen LogP contribution in [0.25, 0.3) is 0 Å². The van der Waals surface area contributed by atoms with Crippen LogP contribution in [0, 0.1) is 0 Å². The van der Waals surface area contributed by atoms with Crippen LogP contribution in [0.4, 0.5) is 0 Å². The largest absolute Gasteiger partial charge is 0.504 e. The van der Waals surface area contributed by atoms with Crippen LogP contribution in [0.5, 0.6) is 11.5 Å². The summed E-state index contributed by atoms with van der Waals surface area (Å²) in [5.41, 5.74) is 0.805. The second-order valence-electron chi connectivity index (χ2n) is 5.62. The van der Waals surface area contributed by atoms with Crippen molar-refractivity contribution < 1.29 is 18.7 Å². The smallest absolute Gasteiger partial charge is 0.184 e. The van der Waals surface area contributed by atoms with Gasteiger partial charge >= 0.3 is 0 Å². The number of furan rings is 2. The van der Waals surface area contributed by atoms with Gasteiger partial charge in [0.2, 0.25) is 0 Å². The summed E-state index contributed by atoms with van der Waals surface area (Å²) in [4.78, 5) is 9.18. The second kappa shape index (κ2) is 7.13. The standard InChI is InChI=1S/C19H16N2O4S/c1-23-16-10-12(6-7-13(16)22)11-20-19-21-17(14-4-2-8-24-14)18(26-19)15-5-3-9-25-15/h2-11,17-18,22H,1H3/t17-,18+/m1/s1. The number of aliphatic imine (C=N–C) groups is 2. The van der Waals surface area contributed by atoms with Gasteiger partial charge in [-0.3, -0.25) is 0 Å². The summed E-state index contributed by atoms with van der Waals surface area (Å²) in [6.07, 6.45) is 4.98. The van der Waals surface area contributed by atoms with Gasteiger partial charge in [-0.15, -0.1) is 0 Å². The van der Waals surface area contributed by atoms with Crippen LogP contribution in [0.3, 0.4) is 0 Å². The highest BCUT2D eigenvalue weighted by Gasteiger charge is 2.36. The molecule has 0 radical (unpaired) electrons. The van der Waals surface area contributed by atoms with E-state index in [1.54, 1.807) is 36.9 Å². The Bertz CT molecular complexity index is 933. The molecule has 1 aliphatic rings. The Balaban J connectivity index is 1.59. The van der Waals surface area contributed by atoms with E-state index in [2.05, 4.69) is 4.99 Å². The van der Waals surface area contributed by atoms with Crippen LogP contribution < -0.4 is 4.74 Å². The number of hydrogen-bond acceptors (Lipinski definition) is 7. The number of amidine groups is 1. The Labute approximate surface area is 154 Å². The third-order valence-corrected chi connectivity index (χ3v) is 5.12. The van der Waals surface area contributed by atoms with Crippen molar-refractivity contribution >= 4 is 23.1 Å². The summed E-state index contributed by atoms with van der Waals surface area (Å²) in [5, 5.41) is 10.3. The first-order chi connectivity index (χ1) is 12.7. The normalized spacial score (nSPS) is 19.8. The maximum absolute atomic E-state index is 9.68. The van der Waals surface area contributed by atoms with Crippen LogP contribution >= 0.6 is 11.8 Å². The van der Waals surface area contributed by atoms with E-state index < -0.39 is 0 Å². The predicted molar refractivity (Wildman–Crippen MR) is 100 cm³/mol. The fraction of sp³-hybridized carbons (Fsp3) is 0.158. The van der Waals surface area contributed by atoms with Gasteiger partial charge in [0.25, 0.3) is 0 Å². The van der Waals surface area contributed by atoms with Crippen molar-refractivity contribution in [2.75, 3.05) is 7.11 Å². The molecule has 0 bridgehead atoms. The average Bonchev–Trinajstić information content (AvgIpc) is 3.40. The fourth-order valence-corrected chi connectivity index (χ4v) is 3.79. The molecule has 3 heterocycles. The number of rotatable bonds is 4. The van der Waals surface area contributed by atoms with Gasteiger partial charge in [-0.1, -0.05) is 11.8 Å². The molecule has 0 fully saturated rings. The lowest BCUT2D eigenvalue weighted by Crippen LogP contribution is -1.99. The van der Waals surface area contributed by atoms with Gasteiger partial charge in [0.05, 0.1) is 19.6 Å². The third-order valence-electron chi connectivity index (χ3n) is 3.95. The highest BCUT2D eigenvalue weighted by Crippen LogP contribution is 2.48. The lowest BCUT2D eigenvalue weighted by molar-refractivity contribution is 0.373. The number of hydrogen-bond donors (Lipinski definition) is 1. The lowest BCUT2D eigenvalue weighted by atomic mass is 10.1. The van der Waals surface area contributed by atoms with Crippen LogP contribution in [0.2, 0.25) is 0 Å². The molecule has 1 aromatic carbocycles. The van der Waals surface area contributed by atoms with Gasteiger partial charge in [0.1, 0.15) is 22.8 Å². The molecule has 0 amide bonds. The van der Waals surface area contributed by atoms with E-state index in [0.29, 0.717) is 10.9 Å². The molecular weight excluding hydrogens is 352 g/mol. The topological polar surface area (TPSA) is 80.5 Å². The van der Waals surface area contributed by atoms with E-state index in [9.17, 15) is 5.11 Å². The monoisotopic (exact) mass is 368 g/mol.